The van der Waals surface area contributed by atoms with Crippen molar-refractivity contribution < 1.29 is 14.3 Å². The Bertz CT molecular complexity index is 1290. The molecule has 3 aromatic rings. The number of morpholine rings is 1. The van der Waals surface area contributed by atoms with Gasteiger partial charge in [-0.05, 0) is 35.7 Å². The smallest absolute Gasteiger partial charge is 0.328 e. The van der Waals surface area contributed by atoms with Crippen LogP contribution in [0.4, 0.5) is 4.79 Å². The van der Waals surface area contributed by atoms with Crippen molar-refractivity contribution in [1.82, 2.24) is 19.7 Å². The van der Waals surface area contributed by atoms with Crippen molar-refractivity contribution in [1.29, 1.82) is 0 Å². The average Bonchev–Trinajstić information content (AvgIpc) is 3.34. The number of benzene rings is 2. The number of amides is 3. The molecular formula is C27H29BrN4O3. The fourth-order valence-corrected chi connectivity index (χ4v) is 6.38. The first-order chi connectivity index (χ1) is 17.0. The van der Waals surface area contributed by atoms with Crippen molar-refractivity contribution in [2.75, 3.05) is 39.4 Å². The molecule has 3 aliphatic rings. The molecule has 0 saturated carbocycles. The number of rotatable bonds is 5. The van der Waals surface area contributed by atoms with E-state index >= 15 is 0 Å². The monoisotopic (exact) mass is 536 g/mol. The molecule has 1 N–H and O–H groups in total. The highest BCUT2D eigenvalue weighted by Crippen LogP contribution is 2.50. The number of aromatic amines is 1. The molecule has 3 aliphatic heterocycles. The van der Waals surface area contributed by atoms with Gasteiger partial charge in [-0.15, -0.1) is 0 Å². The van der Waals surface area contributed by atoms with Crippen molar-refractivity contribution in [2.24, 2.45) is 0 Å². The Morgan fingerprint density at radius 2 is 1.86 bits per heavy atom. The first kappa shape index (κ1) is 22.8. The lowest BCUT2D eigenvalue weighted by Gasteiger charge is -2.44. The fraction of sp³-hybridized carbons (Fsp3) is 0.407. The molecule has 2 aromatic carbocycles. The number of aromatic nitrogens is 1. The molecule has 8 heteroatoms. The highest BCUT2D eigenvalue weighted by atomic mass is 79.9. The number of nitrogens with one attached hydrogen (secondary N) is 1. The summed E-state index contributed by atoms with van der Waals surface area (Å²) in [5, 5.41) is 1.11. The van der Waals surface area contributed by atoms with Crippen LogP contribution in [0.5, 0.6) is 0 Å². The number of urea groups is 1. The van der Waals surface area contributed by atoms with Gasteiger partial charge in [-0.3, -0.25) is 19.5 Å². The summed E-state index contributed by atoms with van der Waals surface area (Å²) in [6, 6.07) is 15.7. The van der Waals surface area contributed by atoms with Crippen molar-refractivity contribution in [2.45, 2.75) is 31.3 Å². The number of fused-ring (bicyclic) bond motifs is 4. The Morgan fingerprint density at radius 3 is 2.60 bits per heavy atom. The van der Waals surface area contributed by atoms with Gasteiger partial charge in [-0.2, -0.15) is 0 Å². The number of H-pyrrole nitrogens is 1. The topological polar surface area (TPSA) is 68.9 Å². The zero-order chi connectivity index (χ0) is 24.2. The quantitative estimate of drug-likeness (QED) is 0.493. The first-order valence-corrected chi connectivity index (χ1v) is 13.1. The highest BCUT2D eigenvalue weighted by molar-refractivity contribution is 9.10. The van der Waals surface area contributed by atoms with Gasteiger partial charge in [0.15, 0.2) is 0 Å². The van der Waals surface area contributed by atoms with E-state index in [1.807, 2.05) is 36.1 Å². The number of halogens is 1. The largest absolute Gasteiger partial charge is 0.379 e. The summed E-state index contributed by atoms with van der Waals surface area (Å²) in [4.78, 5) is 37.4. The molecule has 2 atom stereocenters. The van der Waals surface area contributed by atoms with Crippen LogP contribution < -0.4 is 0 Å². The molecule has 182 valence electrons. The number of carbonyl (C=O) groups is 2. The Hall–Kier alpha value is -2.68. The van der Waals surface area contributed by atoms with Gasteiger partial charge in [0.2, 0.25) is 0 Å². The Morgan fingerprint density at radius 1 is 1.09 bits per heavy atom. The maximum atomic E-state index is 14.1. The molecule has 2 saturated heterocycles. The minimum atomic E-state index is -0.896. The van der Waals surface area contributed by atoms with Crippen LogP contribution >= 0.6 is 15.9 Å². The van der Waals surface area contributed by atoms with Gasteiger partial charge in [0.1, 0.15) is 11.6 Å². The lowest BCUT2D eigenvalue weighted by atomic mass is 9.78. The molecule has 35 heavy (non-hydrogen) atoms. The van der Waals surface area contributed by atoms with Crippen molar-refractivity contribution in [3.63, 3.8) is 0 Å². The van der Waals surface area contributed by atoms with Crippen LogP contribution in [-0.4, -0.2) is 76.6 Å². The number of hydrogen-bond donors (Lipinski definition) is 1. The van der Waals surface area contributed by atoms with Gasteiger partial charge >= 0.3 is 6.03 Å². The molecule has 0 spiro atoms. The molecule has 6 rings (SSSR count). The van der Waals surface area contributed by atoms with Gasteiger partial charge in [-0.1, -0.05) is 53.2 Å². The zero-order valence-corrected chi connectivity index (χ0v) is 21.4. The van der Waals surface area contributed by atoms with Crippen LogP contribution in [0.15, 0.2) is 53.0 Å². The minimum absolute atomic E-state index is 0.0748. The third-order valence-corrected chi connectivity index (χ3v) is 8.38. The first-order valence-electron chi connectivity index (χ1n) is 12.3. The molecule has 0 radical (unpaired) electrons. The molecule has 2 unspecified atom stereocenters. The standard InChI is InChI=1S/C27H29BrN4O3/c1-2-27-17-21-20-16-19(28)8-9-22(20)29-23(21)24(18-6-4-3-5-7-18)32(27)26(34)31(25(27)33)11-10-30-12-14-35-15-13-30/h3-9,16,24,29H,2,10-15,17H2,1H3. The van der Waals surface area contributed by atoms with E-state index in [1.165, 1.54) is 4.90 Å². The SMILES string of the molecule is CCC12Cc3c([nH]c4ccc(Br)cc34)C(c3ccccc3)N1C(=O)N(CCN1CCOCC1)C2=O. The van der Waals surface area contributed by atoms with E-state index in [0.29, 0.717) is 39.1 Å². The maximum Gasteiger partial charge on any atom is 0.328 e. The summed E-state index contributed by atoms with van der Waals surface area (Å²) in [5.41, 5.74) is 3.27. The lowest BCUT2D eigenvalue weighted by Crippen LogP contribution is -2.55. The number of imide groups is 1. The highest BCUT2D eigenvalue weighted by Gasteiger charge is 2.61. The second-order valence-corrected chi connectivity index (χ2v) is 10.6. The molecule has 3 amide bonds. The summed E-state index contributed by atoms with van der Waals surface area (Å²) in [6.07, 6.45) is 1.08. The molecular weight excluding hydrogens is 508 g/mol. The normalized spacial score (nSPS) is 24.8. The lowest BCUT2D eigenvalue weighted by molar-refractivity contribution is -0.134. The van der Waals surface area contributed by atoms with E-state index in [1.54, 1.807) is 0 Å². The van der Waals surface area contributed by atoms with E-state index in [2.05, 4.69) is 50.1 Å². The van der Waals surface area contributed by atoms with Gasteiger partial charge in [0.05, 0.1) is 13.2 Å². The predicted molar refractivity (Wildman–Crippen MR) is 137 cm³/mol. The Kier molecular flexibility index (Phi) is 5.70. The number of hydrogen-bond acceptors (Lipinski definition) is 4. The van der Waals surface area contributed by atoms with Gasteiger partial charge in [-0.25, -0.2) is 4.79 Å². The van der Waals surface area contributed by atoms with Crippen LogP contribution in [0, 0.1) is 0 Å². The van der Waals surface area contributed by atoms with E-state index in [9.17, 15) is 9.59 Å². The molecule has 4 heterocycles. The molecule has 0 aliphatic carbocycles. The predicted octanol–water partition coefficient (Wildman–Crippen LogP) is 4.32. The third-order valence-electron chi connectivity index (χ3n) is 7.89. The molecule has 2 fully saturated rings. The summed E-state index contributed by atoms with van der Waals surface area (Å²) < 4.78 is 6.45. The van der Waals surface area contributed by atoms with Crippen molar-refractivity contribution in [3.8, 4) is 0 Å². The fourth-order valence-electron chi connectivity index (χ4n) is 6.02. The van der Waals surface area contributed by atoms with E-state index in [0.717, 1.165) is 45.3 Å². The van der Waals surface area contributed by atoms with Gasteiger partial charge < -0.3 is 9.72 Å². The van der Waals surface area contributed by atoms with Crippen molar-refractivity contribution >= 4 is 38.8 Å². The zero-order valence-electron chi connectivity index (χ0n) is 19.8. The minimum Gasteiger partial charge on any atom is -0.379 e. The second kappa shape index (κ2) is 8.76. The summed E-state index contributed by atoms with van der Waals surface area (Å²) >= 11 is 3.61. The van der Waals surface area contributed by atoms with Crippen LogP contribution in [0.3, 0.4) is 0 Å². The van der Waals surface area contributed by atoms with Crippen LogP contribution in [0.1, 0.15) is 36.2 Å². The number of carbonyl (C=O) groups excluding carboxylic acids is 2. The summed E-state index contributed by atoms with van der Waals surface area (Å²) in [6.45, 7) is 6.15. The van der Waals surface area contributed by atoms with Gasteiger partial charge in [0.25, 0.3) is 5.91 Å². The Balaban J connectivity index is 1.46. The summed E-state index contributed by atoms with van der Waals surface area (Å²) in [7, 11) is 0. The third kappa shape index (κ3) is 3.53. The molecule has 7 nitrogen and oxygen atoms in total. The molecule has 0 bridgehead atoms. The second-order valence-electron chi connectivity index (χ2n) is 9.65. The number of nitrogens with zero attached hydrogens (tertiary/aromatic N) is 3. The van der Waals surface area contributed by atoms with Crippen molar-refractivity contribution in [3.05, 3.63) is 69.8 Å². The Labute approximate surface area is 213 Å². The van der Waals surface area contributed by atoms with Gasteiger partial charge in [0, 0.05) is 53.7 Å². The maximum absolute atomic E-state index is 14.1. The average molecular weight is 537 g/mol. The van der Waals surface area contributed by atoms with E-state index < -0.39 is 5.54 Å². The molecule has 1 aromatic heterocycles. The van der Waals surface area contributed by atoms with Crippen LogP contribution in [-0.2, 0) is 16.0 Å². The number of ether oxygens (including phenoxy) is 1. The van der Waals surface area contributed by atoms with E-state index in [4.69, 9.17) is 4.74 Å². The van der Waals surface area contributed by atoms with E-state index in [-0.39, 0.29) is 18.0 Å². The van der Waals surface area contributed by atoms with Crippen LogP contribution in [0.2, 0.25) is 0 Å². The van der Waals surface area contributed by atoms with Crippen LogP contribution in [0.25, 0.3) is 10.9 Å². The summed E-state index contributed by atoms with van der Waals surface area (Å²) in [5.74, 6) is -0.0748.